The molecular weight excluding hydrogens is 320 g/mol. The minimum atomic E-state index is -0.301. The molecule has 3 rings (SSSR count). The van der Waals surface area contributed by atoms with Crippen LogP contribution in [0.4, 0.5) is 5.82 Å². The maximum absolute atomic E-state index is 12.3. The number of carbonyl (C=O) groups is 1. The van der Waals surface area contributed by atoms with Gasteiger partial charge in [0.25, 0.3) is 0 Å². The van der Waals surface area contributed by atoms with Crippen LogP contribution in [0.25, 0.3) is 10.6 Å². The molecule has 0 aromatic carbocycles. The van der Waals surface area contributed by atoms with Crippen LogP contribution in [0.1, 0.15) is 18.4 Å². The van der Waals surface area contributed by atoms with E-state index in [1.165, 1.54) is 11.3 Å². The van der Waals surface area contributed by atoms with Gasteiger partial charge in [-0.3, -0.25) is 14.9 Å². The zero-order valence-electron chi connectivity index (χ0n) is 11.7. The van der Waals surface area contributed by atoms with Gasteiger partial charge in [0.1, 0.15) is 0 Å². The summed E-state index contributed by atoms with van der Waals surface area (Å²) in [6.45, 7) is 1.83. The molecule has 2 N–H and O–H groups in total. The Hall–Kier alpha value is -2.18. The largest absolute Gasteiger partial charge is 0.309 e. The lowest BCUT2D eigenvalue weighted by molar-refractivity contribution is -0.117. The Morgan fingerprint density at radius 1 is 1.41 bits per heavy atom. The van der Waals surface area contributed by atoms with E-state index < -0.39 is 0 Å². The number of thiophene rings is 1. The molecule has 3 heterocycles. The number of nitrogens with one attached hydrogen (secondary N) is 2. The van der Waals surface area contributed by atoms with Gasteiger partial charge in [-0.15, -0.1) is 11.3 Å². The van der Waals surface area contributed by atoms with E-state index in [2.05, 4.69) is 20.5 Å². The summed E-state index contributed by atoms with van der Waals surface area (Å²) < 4.78 is 0.709. The number of carbonyl (C=O) groups excluding carboxylic acids is 1. The summed E-state index contributed by atoms with van der Waals surface area (Å²) in [7, 11) is 0. The monoisotopic (exact) mass is 332 g/mol. The highest BCUT2D eigenvalue weighted by atomic mass is 35.5. The van der Waals surface area contributed by atoms with E-state index in [-0.39, 0.29) is 11.8 Å². The summed E-state index contributed by atoms with van der Waals surface area (Å²) in [6.07, 6.45) is 3.37. The fraction of sp³-hybridized carbons (Fsp3) is 0.133. The molecule has 0 spiro atoms. The standard InChI is InChI=1S/C15H13ClN4OS/c1-9(10-3-2-6-17-8-10)15(21)18-14-7-11(19-20-14)12-4-5-13(16)22-12/h2-9H,1H3,(H2,18,19,20,21)/t9-/m0/s1. The number of H-pyrrole nitrogens is 1. The lowest BCUT2D eigenvalue weighted by atomic mass is 10.0. The van der Waals surface area contributed by atoms with Crippen molar-refractivity contribution in [3.05, 3.63) is 52.6 Å². The summed E-state index contributed by atoms with van der Waals surface area (Å²) in [5, 5.41) is 9.80. The van der Waals surface area contributed by atoms with Gasteiger partial charge < -0.3 is 5.32 Å². The van der Waals surface area contributed by atoms with Crippen molar-refractivity contribution in [3.8, 4) is 10.6 Å². The molecule has 3 aromatic rings. The Kier molecular flexibility index (Phi) is 4.22. The molecule has 7 heteroatoms. The van der Waals surface area contributed by atoms with Gasteiger partial charge in [-0.1, -0.05) is 17.7 Å². The molecule has 0 saturated heterocycles. The number of pyridine rings is 1. The maximum atomic E-state index is 12.3. The van der Waals surface area contributed by atoms with E-state index in [0.717, 1.165) is 16.1 Å². The highest BCUT2D eigenvalue weighted by molar-refractivity contribution is 7.19. The normalized spacial score (nSPS) is 12.1. The smallest absolute Gasteiger partial charge is 0.232 e. The molecule has 1 amide bonds. The highest BCUT2D eigenvalue weighted by Gasteiger charge is 2.17. The molecule has 0 bridgehead atoms. The quantitative estimate of drug-likeness (QED) is 0.760. The fourth-order valence-electron chi connectivity index (χ4n) is 1.99. The van der Waals surface area contributed by atoms with Gasteiger partial charge in [0, 0.05) is 18.5 Å². The number of halogens is 1. The Labute approximate surface area is 136 Å². The van der Waals surface area contributed by atoms with Crippen molar-refractivity contribution in [3.63, 3.8) is 0 Å². The van der Waals surface area contributed by atoms with Crippen LogP contribution in [-0.2, 0) is 4.79 Å². The number of aromatic nitrogens is 3. The summed E-state index contributed by atoms with van der Waals surface area (Å²) in [6, 6.07) is 9.21. The van der Waals surface area contributed by atoms with Crippen molar-refractivity contribution in [1.82, 2.24) is 15.2 Å². The highest BCUT2D eigenvalue weighted by Crippen LogP contribution is 2.30. The zero-order valence-corrected chi connectivity index (χ0v) is 13.3. The predicted molar refractivity (Wildman–Crippen MR) is 88.2 cm³/mol. The van der Waals surface area contributed by atoms with E-state index in [1.54, 1.807) is 18.5 Å². The molecule has 112 valence electrons. The molecule has 0 aliphatic heterocycles. The first-order valence-corrected chi connectivity index (χ1v) is 7.85. The molecular formula is C15H13ClN4OS. The van der Waals surface area contributed by atoms with Crippen LogP contribution < -0.4 is 5.32 Å². The molecule has 0 aliphatic carbocycles. The lowest BCUT2D eigenvalue weighted by Crippen LogP contribution is -2.19. The van der Waals surface area contributed by atoms with Crippen LogP contribution in [-0.4, -0.2) is 21.1 Å². The van der Waals surface area contributed by atoms with Crippen molar-refractivity contribution in [2.75, 3.05) is 5.32 Å². The Morgan fingerprint density at radius 2 is 2.27 bits per heavy atom. The van der Waals surface area contributed by atoms with Gasteiger partial charge in [-0.25, -0.2) is 0 Å². The zero-order chi connectivity index (χ0) is 15.5. The van der Waals surface area contributed by atoms with Crippen molar-refractivity contribution < 1.29 is 4.79 Å². The molecule has 5 nitrogen and oxygen atoms in total. The van der Waals surface area contributed by atoms with Gasteiger partial charge in [0.15, 0.2) is 5.82 Å². The molecule has 0 fully saturated rings. The molecule has 0 saturated carbocycles. The van der Waals surface area contributed by atoms with Crippen molar-refractivity contribution in [2.45, 2.75) is 12.8 Å². The number of aromatic amines is 1. The molecule has 22 heavy (non-hydrogen) atoms. The summed E-state index contributed by atoms with van der Waals surface area (Å²) in [5.74, 6) is 0.0561. The third-order valence-electron chi connectivity index (χ3n) is 3.25. The minimum Gasteiger partial charge on any atom is -0.309 e. The van der Waals surface area contributed by atoms with E-state index in [1.807, 2.05) is 31.2 Å². The first-order chi connectivity index (χ1) is 10.6. The van der Waals surface area contributed by atoms with Crippen LogP contribution in [0, 0.1) is 0 Å². The first-order valence-electron chi connectivity index (χ1n) is 6.65. The van der Waals surface area contributed by atoms with E-state index in [9.17, 15) is 4.79 Å². The average Bonchev–Trinajstić information content (AvgIpc) is 3.16. The molecule has 3 aromatic heterocycles. The van der Waals surface area contributed by atoms with Gasteiger partial charge >= 0.3 is 0 Å². The van der Waals surface area contributed by atoms with Crippen molar-refractivity contribution in [2.24, 2.45) is 0 Å². The van der Waals surface area contributed by atoms with Crippen LogP contribution in [0.3, 0.4) is 0 Å². The van der Waals surface area contributed by atoms with Gasteiger partial charge in [0.2, 0.25) is 5.91 Å². The summed E-state index contributed by atoms with van der Waals surface area (Å²) in [5.41, 5.74) is 1.68. The number of hydrogen-bond acceptors (Lipinski definition) is 4. The number of anilines is 1. The second-order valence-corrected chi connectivity index (χ2v) is 6.48. The molecule has 0 unspecified atom stereocenters. The van der Waals surface area contributed by atoms with Crippen LogP contribution in [0.2, 0.25) is 4.34 Å². The van der Waals surface area contributed by atoms with Gasteiger partial charge in [0.05, 0.1) is 20.8 Å². The SMILES string of the molecule is C[C@H](C(=O)Nc1cc(-c2ccc(Cl)s2)[nH]n1)c1cccnc1. The number of nitrogens with zero attached hydrogens (tertiary/aromatic N) is 2. The van der Waals surface area contributed by atoms with Crippen molar-refractivity contribution in [1.29, 1.82) is 0 Å². The Morgan fingerprint density at radius 3 is 2.95 bits per heavy atom. The fourth-order valence-corrected chi connectivity index (χ4v) is 3.00. The average molecular weight is 333 g/mol. The van der Waals surface area contributed by atoms with E-state index in [4.69, 9.17) is 11.6 Å². The van der Waals surface area contributed by atoms with Crippen LogP contribution in [0.5, 0.6) is 0 Å². The van der Waals surface area contributed by atoms with E-state index in [0.29, 0.717) is 10.2 Å². The second-order valence-electron chi connectivity index (χ2n) is 4.77. The third kappa shape index (κ3) is 3.18. The minimum absolute atomic E-state index is 0.129. The third-order valence-corrected chi connectivity index (χ3v) is 4.51. The summed E-state index contributed by atoms with van der Waals surface area (Å²) in [4.78, 5) is 17.3. The van der Waals surface area contributed by atoms with Crippen molar-refractivity contribution >= 4 is 34.7 Å². The summed E-state index contributed by atoms with van der Waals surface area (Å²) >= 11 is 7.37. The molecule has 0 radical (unpaired) electrons. The predicted octanol–water partition coefficient (Wildman–Crippen LogP) is 3.93. The van der Waals surface area contributed by atoms with Gasteiger partial charge in [-0.2, -0.15) is 5.10 Å². The second kappa shape index (κ2) is 6.29. The first kappa shape index (κ1) is 14.7. The van der Waals surface area contributed by atoms with E-state index >= 15 is 0 Å². The number of hydrogen-bond donors (Lipinski definition) is 2. The Bertz CT molecular complexity index is 784. The molecule has 1 atom stereocenters. The topological polar surface area (TPSA) is 70.7 Å². The van der Waals surface area contributed by atoms with Crippen LogP contribution in [0.15, 0.2) is 42.7 Å². The lowest BCUT2D eigenvalue weighted by Gasteiger charge is -2.10. The number of amides is 1. The van der Waals surface area contributed by atoms with Gasteiger partial charge in [-0.05, 0) is 30.7 Å². The number of rotatable bonds is 4. The van der Waals surface area contributed by atoms with Crippen LogP contribution >= 0.6 is 22.9 Å². The molecule has 0 aliphatic rings. The maximum Gasteiger partial charge on any atom is 0.232 e. The Balaban J connectivity index is 1.71.